The summed E-state index contributed by atoms with van der Waals surface area (Å²) < 4.78 is 31.9. The van der Waals surface area contributed by atoms with E-state index in [2.05, 4.69) is 11.5 Å². The van der Waals surface area contributed by atoms with Crippen molar-refractivity contribution in [3.05, 3.63) is 12.7 Å². The normalized spacial score (nSPS) is 12.8. The van der Waals surface area contributed by atoms with Gasteiger partial charge in [-0.1, -0.05) is 6.08 Å². The van der Waals surface area contributed by atoms with Gasteiger partial charge in [0.05, 0.1) is 0 Å². The zero-order valence-corrected chi connectivity index (χ0v) is 16.1. The number of methoxy groups -OCH3 is 6. The second kappa shape index (κ2) is 12.8. The van der Waals surface area contributed by atoms with Crippen LogP contribution in [0.4, 0.5) is 0 Å². The molecular formula is C17H35NO6. The summed E-state index contributed by atoms with van der Waals surface area (Å²) in [5.74, 6) is -1.95. The second-order valence-electron chi connectivity index (χ2n) is 5.39. The number of hydrogen-bond donors (Lipinski definition) is 0. The van der Waals surface area contributed by atoms with Gasteiger partial charge in [-0.25, -0.2) is 0 Å². The molecule has 0 heterocycles. The predicted molar refractivity (Wildman–Crippen MR) is 92.6 cm³/mol. The molecule has 0 saturated heterocycles. The third-order valence-electron chi connectivity index (χ3n) is 4.17. The maximum atomic E-state index is 5.31. The van der Waals surface area contributed by atoms with Crippen LogP contribution < -0.4 is 0 Å². The predicted octanol–water partition coefficient (Wildman–Crippen LogP) is 2.22. The van der Waals surface area contributed by atoms with Crippen LogP contribution in [0.5, 0.6) is 0 Å². The maximum Gasteiger partial charge on any atom is 0.282 e. The Bertz CT molecular complexity index is 276. The van der Waals surface area contributed by atoms with Gasteiger partial charge in [-0.3, -0.25) is 4.90 Å². The number of ether oxygens (including phenoxy) is 6. The largest absolute Gasteiger partial charge is 0.331 e. The van der Waals surface area contributed by atoms with Gasteiger partial charge in [0.15, 0.2) is 0 Å². The highest BCUT2D eigenvalue weighted by molar-refractivity contribution is 4.74. The van der Waals surface area contributed by atoms with Crippen molar-refractivity contribution in [3.8, 4) is 0 Å². The third kappa shape index (κ3) is 7.57. The van der Waals surface area contributed by atoms with E-state index in [9.17, 15) is 0 Å². The molecule has 0 radical (unpaired) electrons. The Kier molecular flexibility index (Phi) is 12.5. The number of hydrogen-bond acceptors (Lipinski definition) is 7. The molecule has 0 aromatic heterocycles. The summed E-state index contributed by atoms with van der Waals surface area (Å²) in [5, 5.41) is 0. The second-order valence-corrected chi connectivity index (χ2v) is 5.39. The minimum atomic E-state index is -0.975. The third-order valence-corrected chi connectivity index (χ3v) is 4.17. The van der Waals surface area contributed by atoms with Gasteiger partial charge in [0.1, 0.15) is 0 Å². The van der Waals surface area contributed by atoms with Crippen LogP contribution in [0.25, 0.3) is 0 Å². The van der Waals surface area contributed by atoms with Crippen molar-refractivity contribution in [2.45, 2.75) is 37.6 Å². The highest BCUT2D eigenvalue weighted by Crippen LogP contribution is 2.21. The first-order chi connectivity index (χ1) is 11.5. The Labute approximate surface area is 146 Å². The first-order valence-corrected chi connectivity index (χ1v) is 8.15. The Balaban J connectivity index is 4.38. The first kappa shape index (κ1) is 23.5. The van der Waals surface area contributed by atoms with Crippen LogP contribution in [0.1, 0.15) is 25.7 Å². The molecule has 7 nitrogen and oxygen atoms in total. The molecule has 0 aliphatic rings. The lowest BCUT2D eigenvalue weighted by molar-refractivity contribution is -0.355. The zero-order valence-electron chi connectivity index (χ0n) is 16.1. The molecular weight excluding hydrogens is 314 g/mol. The Morgan fingerprint density at radius 1 is 0.708 bits per heavy atom. The molecule has 7 heteroatoms. The van der Waals surface area contributed by atoms with Gasteiger partial charge in [-0.15, -0.1) is 6.58 Å². The highest BCUT2D eigenvalue weighted by atomic mass is 16.9. The van der Waals surface area contributed by atoms with E-state index in [0.29, 0.717) is 12.8 Å². The number of rotatable bonds is 16. The summed E-state index contributed by atoms with van der Waals surface area (Å²) in [6, 6.07) is 0. The van der Waals surface area contributed by atoms with Crippen molar-refractivity contribution in [3.63, 3.8) is 0 Å². The summed E-state index contributed by atoms with van der Waals surface area (Å²) >= 11 is 0. The van der Waals surface area contributed by atoms with E-state index in [1.165, 1.54) is 0 Å². The van der Waals surface area contributed by atoms with Gasteiger partial charge < -0.3 is 28.4 Å². The highest BCUT2D eigenvalue weighted by Gasteiger charge is 2.30. The lowest BCUT2D eigenvalue weighted by Crippen LogP contribution is -2.38. The van der Waals surface area contributed by atoms with E-state index >= 15 is 0 Å². The van der Waals surface area contributed by atoms with Gasteiger partial charge >= 0.3 is 0 Å². The monoisotopic (exact) mass is 349 g/mol. The van der Waals surface area contributed by atoms with E-state index < -0.39 is 11.9 Å². The fourth-order valence-electron chi connectivity index (χ4n) is 2.63. The van der Waals surface area contributed by atoms with Crippen molar-refractivity contribution >= 4 is 0 Å². The fourth-order valence-corrected chi connectivity index (χ4v) is 2.63. The smallest absolute Gasteiger partial charge is 0.282 e. The Morgan fingerprint density at radius 2 is 1.04 bits per heavy atom. The summed E-state index contributed by atoms with van der Waals surface area (Å²) in [5.41, 5.74) is 0. The Morgan fingerprint density at radius 3 is 1.29 bits per heavy atom. The van der Waals surface area contributed by atoms with Crippen molar-refractivity contribution in [1.82, 2.24) is 4.90 Å². The molecule has 0 spiro atoms. The molecule has 0 bridgehead atoms. The molecule has 0 aromatic rings. The van der Waals surface area contributed by atoms with Crippen LogP contribution in [-0.2, 0) is 28.4 Å². The molecule has 0 N–H and O–H groups in total. The van der Waals surface area contributed by atoms with Crippen molar-refractivity contribution < 1.29 is 28.4 Å². The molecule has 144 valence electrons. The van der Waals surface area contributed by atoms with Crippen molar-refractivity contribution in [1.29, 1.82) is 0 Å². The Hall–Kier alpha value is -0.540. The minimum absolute atomic E-state index is 0.641. The zero-order chi connectivity index (χ0) is 18.5. The molecule has 0 fully saturated rings. The average molecular weight is 349 g/mol. The number of nitrogens with zero attached hydrogens (tertiary/aromatic N) is 1. The summed E-state index contributed by atoms with van der Waals surface area (Å²) in [6.45, 7) is 6.38. The lowest BCUT2D eigenvalue weighted by Gasteiger charge is -2.31. The van der Waals surface area contributed by atoms with Gasteiger partial charge in [-0.05, 0) is 25.9 Å². The molecule has 0 rings (SSSR count). The summed E-state index contributed by atoms with van der Waals surface area (Å²) in [7, 11) is 9.47. The van der Waals surface area contributed by atoms with Crippen molar-refractivity contribution in [2.24, 2.45) is 0 Å². The van der Waals surface area contributed by atoms with Crippen LogP contribution in [0.15, 0.2) is 12.7 Å². The summed E-state index contributed by atoms with van der Waals surface area (Å²) in [4.78, 5) is 2.30. The molecule has 0 saturated carbocycles. The maximum absolute atomic E-state index is 5.31. The fraction of sp³-hybridized carbons (Fsp3) is 0.882. The van der Waals surface area contributed by atoms with E-state index in [0.717, 1.165) is 32.5 Å². The van der Waals surface area contributed by atoms with Crippen LogP contribution in [0.3, 0.4) is 0 Å². The van der Waals surface area contributed by atoms with Gasteiger partial charge in [-0.2, -0.15) is 0 Å². The van der Waals surface area contributed by atoms with E-state index in [-0.39, 0.29) is 0 Å². The van der Waals surface area contributed by atoms with Gasteiger partial charge in [0, 0.05) is 62.0 Å². The van der Waals surface area contributed by atoms with Gasteiger partial charge in [0.25, 0.3) is 11.9 Å². The SMILES string of the molecule is C=CCN(CCCC(OC)(OC)OC)CCCC(OC)(OC)OC. The molecule has 0 aromatic carbocycles. The molecule has 24 heavy (non-hydrogen) atoms. The van der Waals surface area contributed by atoms with E-state index in [1.54, 1.807) is 42.7 Å². The van der Waals surface area contributed by atoms with Crippen LogP contribution in [-0.4, -0.2) is 79.1 Å². The molecule has 0 unspecified atom stereocenters. The lowest BCUT2D eigenvalue weighted by atomic mass is 10.2. The van der Waals surface area contributed by atoms with Gasteiger partial charge in [0.2, 0.25) is 0 Å². The summed E-state index contributed by atoms with van der Waals surface area (Å²) in [6.07, 6.45) is 4.91. The van der Waals surface area contributed by atoms with E-state index in [1.807, 2.05) is 6.08 Å². The standard InChI is InChI=1S/C17H35NO6/c1-8-13-18(14-9-11-16(19-2,20-3)21-4)15-10-12-17(22-5,23-6)24-7/h8H,1,9-15H2,2-7H3. The molecule has 0 atom stereocenters. The van der Waals surface area contributed by atoms with Crippen molar-refractivity contribution in [2.75, 3.05) is 62.3 Å². The van der Waals surface area contributed by atoms with Crippen LogP contribution >= 0.6 is 0 Å². The topological polar surface area (TPSA) is 58.6 Å². The first-order valence-electron chi connectivity index (χ1n) is 8.15. The molecule has 0 aliphatic heterocycles. The van der Waals surface area contributed by atoms with Crippen LogP contribution in [0.2, 0.25) is 0 Å². The van der Waals surface area contributed by atoms with Crippen LogP contribution in [0, 0.1) is 0 Å². The molecule has 0 amide bonds. The molecule has 0 aliphatic carbocycles. The minimum Gasteiger partial charge on any atom is -0.331 e. The average Bonchev–Trinajstić information content (AvgIpc) is 2.63. The quantitative estimate of drug-likeness (QED) is 0.313. The van der Waals surface area contributed by atoms with E-state index in [4.69, 9.17) is 28.4 Å².